The summed E-state index contributed by atoms with van der Waals surface area (Å²) in [5, 5.41) is 1.70. The largest absolute Gasteiger partial charge is 0.495 e. The van der Waals surface area contributed by atoms with Gasteiger partial charge in [0.2, 0.25) is 0 Å². The van der Waals surface area contributed by atoms with Gasteiger partial charge in [-0.1, -0.05) is 0 Å². The molecular formula is C8H7N2O2P. The Labute approximate surface area is 75.6 Å². The van der Waals surface area contributed by atoms with Crippen molar-refractivity contribution in [3.8, 4) is 5.75 Å². The highest BCUT2D eigenvalue weighted by atomic mass is 31.1. The van der Waals surface area contributed by atoms with Gasteiger partial charge in [0.1, 0.15) is 11.0 Å². The first kappa shape index (κ1) is 8.20. The van der Waals surface area contributed by atoms with Crippen molar-refractivity contribution >= 4 is 18.3 Å². The first-order chi connectivity index (χ1) is 6.35. The van der Waals surface area contributed by atoms with Gasteiger partial charge in [-0.05, 0) is 22.9 Å². The normalized spacial score (nSPS) is 11.6. The minimum atomic E-state index is -1.05. The van der Waals surface area contributed by atoms with E-state index in [1.165, 1.54) is 0 Å². The summed E-state index contributed by atoms with van der Waals surface area (Å²) in [5.41, 5.74) is 0. The number of pyridine rings is 1. The molecule has 0 N–H and O–H groups in total. The number of aromatic nitrogens is 1. The van der Waals surface area contributed by atoms with Crippen molar-refractivity contribution in [3.63, 3.8) is 0 Å². The quantitative estimate of drug-likeness (QED) is 0.690. The zero-order valence-corrected chi connectivity index (χ0v) is 7.86. The minimum Gasteiger partial charge on any atom is -0.495 e. The summed E-state index contributed by atoms with van der Waals surface area (Å²) in [4.78, 5) is 17.5. The third kappa shape index (κ3) is 1.29. The van der Waals surface area contributed by atoms with Gasteiger partial charge in [0.25, 0.3) is 0 Å². The molecule has 2 rings (SSSR count). The average molecular weight is 194 g/mol. The van der Waals surface area contributed by atoms with Crippen LogP contribution in [0, 0.1) is 4.91 Å². The molecule has 1 atom stereocenters. The molecule has 0 saturated carbocycles. The van der Waals surface area contributed by atoms with Crippen LogP contribution in [0.2, 0.25) is 0 Å². The molecule has 13 heavy (non-hydrogen) atoms. The number of fused-ring (bicyclic) bond motifs is 1. The number of nitrogens with zero attached hydrogens (tertiary/aromatic N) is 2. The van der Waals surface area contributed by atoms with Gasteiger partial charge in [0.05, 0.1) is 21.0 Å². The van der Waals surface area contributed by atoms with Crippen molar-refractivity contribution in [2.75, 3.05) is 7.11 Å². The summed E-state index contributed by atoms with van der Waals surface area (Å²) in [6, 6.07) is 3.71. The van der Waals surface area contributed by atoms with E-state index in [1.54, 1.807) is 19.1 Å². The molecule has 5 heteroatoms. The van der Waals surface area contributed by atoms with E-state index in [4.69, 9.17) is 4.74 Å². The summed E-state index contributed by atoms with van der Waals surface area (Å²) >= 11 is 0. The number of rotatable bonds is 2. The second-order valence-corrected chi connectivity index (χ2v) is 4.10. The van der Waals surface area contributed by atoms with Crippen molar-refractivity contribution in [3.05, 3.63) is 29.0 Å². The van der Waals surface area contributed by atoms with Crippen LogP contribution < -0.4 is 4.74 Å². The smallest absolute Gasteiger partial charge is 0.137 e. The number of hydrogen-bond donors (Lipinski definition) is 0. The Hall–Kier alpha value is -1.41. The Kier molecular flexibility index (Phi) is 1.99. The van der Waals surface area contributed by atoms with Crippen LogP contribution in [0.3, 0.4) is 0 Å². The predicted octanol–water partition coefficient (Wildman–Crippen LogP) is 2.76. The molecule has 66 valence electrons. The van der Waals surface area contributed by atoms with Gasteiger partial charge in [-0.25, -0.2) is 4.98 Å². The van der Waals surface area contributed by atoms with E-state index < -0.39 is 7.68 Å². The maximum atomic E-state index is 10.4. The predicted molar refractivity (Wildman–Crippen MR) is 52.2 cm³/mol. The van der Waals surface area contributed by atoms with E-state index >= 15 is 0 Å². The van der Waals surface area contributed by atoms with Crippen LogP contribution in [-0.4, -0.2) is 12.1 Å². The van der Waals surface area contributed by atoms with E-state index in [1.807, 2.05) is 12.1 Å². The Bertz CT molecular complexity index is 452. The zero-order chi connectivity index (χ0) is 9.26. The SMILES string of the molecule is COc1cnc2c(ccp2N=O)c1. The molecule has 0 aliphatic rings. The molecule has 0 aliphatic carbocycles. The van der Waals surface area contributed by atoms with Crippen LogP contribution >= 0.6 is 7.68 Å². The summed E-state index contributed by atoms with van der Waals surface area (Å²) < 4.78 is 5.01. The molecule has 0 bridgehead atoms. The molecule has 0 fully saturated rings. The fourth-order valence-electron chi connectivity index (χ4n) is 1.17. The molecule has 0 aromatic carbocycles. The van der Waals surface area contributed by atoms with E-state index in [-0.39, 0.29) is 0 Å². The van der Waals surface area contributed by atoms with Crippen molar-refractivity contribution in [2.24, 2.45) is 4.95 Å². The van der Waals surface area contributed by atoms with Gasteiger partial charge in [-0.15, -0.1) is 4.91 Å². The molecule has 2 aromatic heterocycles. The second kappa shape index (κ2) is 3.15. The topological polar surface area (TPSA) is 51.6 Å². The number of nitroso groups, excluding NO2 is 1. The Balaban J connectivity index is 2.67. The first-order valence-corrected chi connectivity index (χ1v) is 5.06. The van der Waals surface area contributed by atoms with Crippen molar-refractivity contribution < 1.29 is 4.74 Å². The van der Waals surface area contributed by atoms with Crippen LogP contribution in [0.15, 0.2) is 29.1 Å². The molecule has 0 radical (unpaired) electrons. The Morgan fingerprint density at radius 2 is 2.46 bits per heavy atom. The molecule has 0 amide bonds. The monoisotopic (exact) mass is 194 g/mol. The standard InChI is InChI=1S/C8H7N2O2P/c1-12-7-4-6-2-3-13(10-11)8(6)9-5-7/h2-5H,1H3. The van der Waals surface area contributed by atoms with Gasteiger partial charge >= 0.3 is 0 Å². The van der Waals surface area contributed by atoms with Crippen molar-refractivity contribution in [1.82, 2.24) is 4.98 Å². The van der Waals surface area contributed by atoms with Gasteiger partial charge < -0.3 is 4.74 Å². The van der Waals surface area contributed by atoms with E-state index in [0.29, 0.717) is 5.75 Å². The van der Waals surface area contributed by atoms with E-state index in [2.05, 4.69) is 9.93 Å². The Morgan fingerprint density at radius 3 is 3.15 bits per heavy atom. The highest BCUT2D eigenvalue weighted by molar-refractivity contribution is 7.53. The van der Waals surface area contributed by atoms with Crippen molar-refractivity contribution in [1.29, 1.82) is 0 Å². The zero-order valence-electron chi connectivity index (χ0n) is 6.97. The van der Waals surface area contributed by atoms with Crippen LogP contribution in [0.5, 0.6) is 5.75 Å². The summed E-state index contributed by atoms with van der Waals surface area (Å²) in [6.07, 6.45) is 1.60. The molecule has 0 spiro atoms. The molecule has 2 heterocycles. The second-order valence-electron chi connectivity index (χ2n) is 2.53. The molecular weight excluding hydrogens is 187 g/mol. The maximum absolute atomic E-state index is 10.4. The van der Waals surface area contributed by atoms with Gasteiger partial charge in [-0.3, -0.25) is 0 Å². The molecule has 0 saturated heterocycles. The lowest BCUT2D eigenvalue weighted by Gasteiger charge is -1.97. The Morgan fingerprint density at radius 1 is 1.62 bits per heavy atom. The van der Waals surface area contributed by atoms with Crippen LogP contribution in [0.1, 0.15) is 0 Å². The summed E-state index contributed by atoms with van der Waals surface area (Å²) in [5.74, 6) is 2.49. The maximum Gasteiger partial charge on any atom is 0.137 e. The van der Waals surface area contributed by atoms with Crippen LogP contribution in [0.25, 0.3) is 10.6 Å². The highest BCUT2D eigenvalue weighted by Crippen LogP contribution is 2.38. The lowest BCUT2D eigenvalue weighted by Crippen LogP contribution is -1.82. The van der Waals surface area contributed by atoms with Gasteiger partial charge in [0.15, 0.2) is 0 Å². The molecule has 0 aliphatic heterocycles. The fourth-order valence-corrected chi connectivity index (χ4v) is 2.32. The summed E-state index contributed by atoms with van der Waals surface area (Å²) in [7, 11) is 0.532. The average Bonchev–Trinajstić information content (AvgIpc) is 2.59. The van der Waals surface area contributed by atoms with Crippen molar-refractivity contribution in [2.45, 2.75) is 0 Å². The lowest BCUT2D eigenvalue weighted by molar-refractivity contribution is 0.414. The molecule has 1 unspecified atom stereocenters. The highest BCUT2D eigenvalue weighted by Gasteiger charge is 2.04. The van der Waals surface area contributed by atoms with E-state index in [9.17, 15) is 4.91 Å². The van der Waals surface area contributed by atoms with E-state index in [0.717, 1.165) is 10.6 Å². The number of hydrogen-bond acceptors (Lipinski definition) is 4. The number of methoxy groups -OCH3 is 1. The third-order valence-electron chi connectivity index (χ3n) is 1.81. The number of ether oxygens (including phenoxy) is 1. The van der Waals surface area contributed by atoms with Crippen LogP contribution in [0.4, 0.5) is 0 Å². The van der Waals surface area contributed by atoms with Crippen LogP contribution in [-0.2, 0) is 0 Å². The molecule has 2 aromatic rings. The van der Waals surface area contributed by atoms with Gasteiger partial charge in [0, 0.05) is 5.39 Å². The lowest BCUT2D eigenvalue weighted by atomic mass is 10.3. The fraction of sp³-hybridized carbons (Fsp3) is 0.125. The molecule has 4 nitrogen and oxygen atoms in total. The first-order valence-electron chi connectivity index (χ1n) is 3.70. The third-order valence-corrected chi connectivity index (χ3v) is 3.22. The van der Waals surface area contributed by atoms with Gasteiger partial charge in [-0.2, -0.15) is 0 Å². The summed E-state index contributed by atoms with van der Waals surface area (Å²) in [6.45, 7) is 0. The minimum absolute atomic E-state index is 0.700.